The first-order valence-electron chi connectivity index (χ1n) is 4.37. The van der Waals surface area contributed by atoms with E-state index in [9.17, 15) is 9.59 Å². The Labute approximate surface area is 86.9 Å². The van der Waals surface area contributed by atoms with Crippen LogP contribution in [0.15, 0.2) is 18.2 Å². The van der Waals surface area contributed by atoms with E-state index in [1.165, 1.54) is 6.07 Å². The largest absolute Gasteiger partial charge is 0.478 e. The predicted molar refractivity (Wildman–Crippen MR) is 55.8 cm³/mol. The van der Waals surface area contributed by atoms with Gasteiger partial charge in [-0.2, -0.15) is 0 Å². The standard InChI is InChI=1S/C10H12N2O3/c1-6-4-7(12-5-9(11)13)2-3-8(6)10(14)15/h2-4,12H,5H2,1H3,(H2,11,13)(H,14,15). The number of amides is 1. The molecule has 0 heterocycles. The molecular formula is C10H12N2O3. The summed E-state index contributed by atoms with van der Waals surface area (Å²) in [5.41, 5.74) is 6.52. The fourth-order valence-corrected chi connectivity index (χ4v) is 1.20. The number of aryl methyl sites for hydroxylation is 1. The number of carbonyl (C=O) groups is 2. The predicted octanol–water partition coefficient (Wildman–Crippen LogP) is 0.590. The maximum absolute atomic E-state index is 10.7. The fraction of sp³-hybridized carbons (Fsp3) is 0.200. The molecule has 0 aromatic heterocycles. The average Bonchev–Trinajstić information content (AvgIpc) is 2.14. The lowest BCUT2D eigenvalue weighted by molar-refractivity contribution is -0.116. The van der Waals surface area contributed by atoms with Crippen molar-refractivity contribution in [2.24, 2.45) is 5.73 Å². The summed E-state index contributed by atoms with van der Waals surface area (Å²) in [6.45, 7) is 1.73. The molecule has 0 radical (unpaired) electrons. The number of rotatable bonds is 4. The first-order valence-corrected chi connectivity index (χ1v) is 4.37. The minimum atomic E-state index is -0.964. The molecule has 0 aliphatic heterocycles. The first kappa shape index (κ1) is 11.0. The quantitative estimate of drug-likeness (QED) is 0.675. The molecule has 1 amide bonds. The maximum atomic E-state index is 10.7. The Morgan fingerprint density at radius 3 is 2.60 bits per heavy atom. The van der Waals surface area contributed by atoms with Crippen LogP contribution in [0.25, 0.3) is 0 Å². The van der Waals surface area contributed by atoms with Gasteiger partial charge in [-0.25, -0.2) is 4.79 Å². The van der Waals surface area contributed by atoms with E-state index < -0.39 is 11.9 Å². The summed E-state index contributed by atoms with van der Waals surface area (Å²) in [5, 5.41) is 11.6. The van der Waals surface area contributed by atoms with Crippen LogP contribution >= 0.6 is 0 Å². The van der Waals surface area contributed by atoms with E-state index in [4.69, 9.17) is 10.8 Å². The lowest BCUT2D eigenvalue weighted by atomic mass is 10.1. The fourth-order valence-electron chi connectivity index (χ4n) is 1.20. The van der Waals surface area contributed by atoms with E-state index in [0.29, 0.717) is 11.3 Å². The molecule has 5 nitrogen and oxygen atoms in total. The van der Waals surface area contributed by atoms with Crippen molar-refractivity contribution in [2.75, 3.05) is 11.9 Å². The number of benzene rings is 1. The van der Waals surface area contributed by atoms with Gasteiger partial charge in [0, 0.05) is 5.69 Å². The van der Waals surface area contributed by atoms with Crippen molar-refractivity contribution in [2.45, 2.75) is 6.92 Å². The second-order valence-electron chi connectivity index (χ2n) is 3.15. The third-order valence-electron chi connectivity index (χ3n) is 1.92. The maximum Gasteiger partial charge on any atom is 0.335 e. The van der Waals surface area contributed by atoms with Gasteiger partial charge in [-0.3, -0.25) is 4.79 Å². The number of carboxylic acids is 1. The summed E-state index contributed by atoms with van der Waals surface area (Å²) < 4.78 is 0. The lowest BCUT2D eigenvalue weighted by Crippen LogP contribution is -2.21. The van der Waals surface area contributed by atoms with Crippen LogP contribution in [-0.4, -0.2) is 23.5 Å². The normalized spacial score (nSPS) is 9.67. The molecule has 0 atom stereocenters. The van der Waals surface area contributed by atoms with Crippen LogP contribution in [0.5, 0.6) is 0 Å². The summed E-state index contributed by atoms with van der Waals surface area (Å²) in [7, 11) is 0. The smallest absolute Gasteiger partial charge is 0.335 e. The zero-order valence-electron chi connectivity index (χ0n) is 8.28. The average molecular weight is 208 g/mol. The van der Waals surface area contributed by atoms with Gasteiger partial charge in [0.15, 0.2) is 0 Å². The summed E-state index contributed by atoms with van der Waals surface area (Å²) >= 11 is 0. The summed E-state index contributed by atoms with van der Waals surface area (Å²) in [4.78, 5) is 21.2. The molecule has 4 N–H and O–H groups in total. The third kappa shape index (κ3) is 2.98. The van der Waals surface area contributed by atoms with Gasteiger partial charge < -0.3 is 16.2 Å². The molecule has 0 fully saturated rings. The molecule has 80 valence electrons. The molecule has 5 heteroatoms. The Kier molecular flexibility index (Phi) is 3.28. The van der Waals surface area contributed by atoms with Gasteiger partial charge in [-0.1, -0.05) is 0 Å². The molecular weight excluding hydrogens is 196 g/mol. The zero-order chi connectivity index (χ0) is 11.4. The monoisotopic (exact) mass is 208 g/mol. The first-order chi connectivity index (χ1) is 7.00. The molecule has 0 aliphatic rings. The topological polar surface area (TPSA) is 92.4 Å². The van der Waals surface area contributed by atoms with Crippen molar-refractivity contribution >= 4 is 17.6 Å². The Morgan fingerprint density at radius 1 is 1.47 bits per heavy atom. The molecule has 0 saturated carbocycles. The number of nitrogens with one attached hydrogen (secondary N) is 1. The molecule has 0 aliphatic carbocycles. The number of nitrogens with two attached hydrogens (primary N) is 1. The van der Waals surface area contributed by atoms with Crippen LogP contribution in [0, 0.1) is 6.92 Å². The minimum absolute atomic E-state index is 0.0336. The van der Waals surface area contributed by atoms with Crippen LogP contribution < -0.4 is 11.1 Å². The number of carboxylic acid groups (broad SMARTS) is 1. The third-order valence-corrected chi connectivity index (χ3v) is 1.92. The van der Waals surface area contributed by atoms with E-state index in [1.54, 1.807) is 19.1 Å². The molecule has 1 aromatic rings. The van der Waals surface area contributed by atoms with Crippen molar-refractivity contribution in [3.63, 3.8) is 0 Å². The Morgan fingerprint density at radius 2 is 2.13 bits per heavy atom. The van der Waals surface area contributed by atoms with Gasteiger partial charge in [0.05, 0.1) is 12.1 Å². The van der Waals surface area contributed by atoms with Gasteiger partial charge in [0.1, 0.15) is 0 Å². The molecule has 0 unspecified atom stereocenters. The number of aromatic carboxylic acids is 1. The van der Waals surface area contributed by atoms with Gasteiger partial charge >= 0.3 is 5.97 Å². The Bertz CT molecular complexity index is 402. The number of hydrogen-bond acceptors (Lipinski definition) is 3. The highest BCUT2D eigenvalue weighted by atomic mass is 16.4. The van der Waals surface area contributed by atoms with Gasteiger partial charge in [-0.05, 0) is 30.7 Å². The zero-order valence-corrected chi connectivity index (χ0v) is 8.28. The van der Waals surface area contributed by atoms with E-state index in [0.717, 1.165) is 0 Å². The second kappa shape index (κ2) is 4.45. The van der Waals surface area contributed by atoms with Gasteiger partial charge in [-0.15, -0.1) is 0 Å². The van der Waals surface area contributed by atoms with Crippen molar-refractivity contribution in [3.8, 4) is 0 Å². The highest BCUT2D eigenvalue weighted by molar-refractivity contribution is 5.90. The Hall–Kier alpha value is -2.04. The van der Waals surface area contributed by atoms with E-state index in [-0.39, 0.29) is 12.1 Å². The summed E-state index contributed by atoms with van der Waals surface area (Å²) in [6, 6.07) is 4.74. The van der Waals surface area contributed by atoms with E-state index in [1.807, 2.05) is 0 Å². The van der Waals surface area contributed by atoms with Crippen LogP contribution in [-0.2, 0) is 4.79 Å². The number of hydrogen-bond donors (Lipinski definition) is 3. The Balaban J connectivity index is 2.82. The van der Waals surface area contributed by atoms with Crippen LogP contribution in [0.2, 0.25) is 0 Å². The van der Waals surface area contributed by atoms with Crippen LogP contribution in [0.3, 0.4) is 0 Å². The van der Waals surface area contributed by atoms with Crippen molar-refractivity contribution in [3.05, 3.63) is 29.3 Å². The molecule has 0 bridgehead atoms. The second-order valence-corrected chi connectivity index (χ2v) is 3.15. The summed E-state index contributed by atoms with van der Waals surface area (Å²) in [6.07, 6.45) is 0. The van der Waals surface area contributed by atoms with Crippen molar-refractivity contribution < 1.29 is 14.7 Å². The summed E-state index contributed by atoms with van der Waals surface area (Å²) in [5.74, 6) is -1.43. The number of carbonyl (C=O) groups excluding carboxylic acids is 1. The van der Waals surface area contributed by atoms with E-state index in [2.05, 4.69) is 5.32 Å². The van der Waals surface area contributed by atoms with Gasteiger partial charge in [0.2, 0.25) is 5.91 Å². The van der Waals surface area contributed by atoms with Crippen LogP contribution in [0.1, 0.15) is 15.9 Å². The lowest BCUT2D eigenvalue weighted by Gasteiger charge is -2.06. The highest BCUT2D eigenvalue weighted by Gasteiger charge is 2.06. The molecule has 1 aromatic carbocycles. The minimum Gasteiger partial charge on any atom is -0.478 e. The molecule has 1 rings (SSSR count). The number of anilines is 1. The van der Waals surface area contributed by atoms with Gasteiger partial charge in [0.25, 0.3) is 0 Å². The van der Waals surface area contributed by atoms with Crippen LogP contribution in [0.4, 0.5) is 5.69 Å². The van der Waals surface area contributed by atoms with Crippen molar-refractivity contribution in [1.82, 2.24) is 0 Å². The number of primary amides is 1. The molecule has 0 spiro atoms. The van der Waals surface area contributed by atoms with E-state index >= 15 is 0 Å². The SMILES string of the molecule is Cc1cc(NCC(N)=O)ccc1C(=O)O. The molecule has 0 saturated heterocycles. The molecule has 15 heavy (non-hydrogen) atoms. The highest BCUT2D eigenvalue weighted by Crippen LogP contribution is 2.14. The van der Waals surface area contributed by atoms with Crippen molar-refractivity contribution in [1.29, 1.82) is 0 Å².